The molecule has 2 aromatic heterocycles. The van der Waals surface area contributed by atoms with Gasteiger partial charge >= 0.3 is 0 Å². The van der Waals surface area contributed by atoms with Crippen LogP contribution in [0.1, 0.15) is 123 Å². The third-order valence-electron chi connectivity index (χ3n) is 11.1. The Labute approximate surface area is 359 Å². The van der Waals surface area contributed by atoms with Crippen LogP contribution in [0.3, 0.4) is 0 Å². The van der Waals surface area contributed by atoms with Gasteiger partial charge in [0, 0.05) is 58.5 Å². The second kappa shape index (κ2) is 20.8. The van der Waals surface area contributed by atoms with Gasteiger partial charge in [-0.25, -0.2) is 4.98 Å². The maximum absolute atomic E-state index is 11.7. The number of aromatic nitrogens is 2. The molecule has 0 fully saturated rings. The summed E-state index contributed by atoms with van der Waals surface area (Å²) in [6, 6.07) is 25.6. The SMILES string of the molecule is CCC(CC)C(=O)/C=C(\O)C(CC)CC.[2H]c1nc(-c2[c-]c3ccccc3c(C(C)(C)C)c2)c2sc3cc([Si](CC(C)C)(CC(C)C)CC(C)C)ccc3c2n1.[Ir]. The van der Waals surface area contributed by atoms with E-state index in [1.807, 2.05) is 27.7 Å². The van der Waals surface area contributed by atoms with Gasteiger partial charge in [0.1, 0.15) is 7.67 Å². The molecule has 4 nitrogen and oxygen atoms in total. The number of fused-ring (bicyclic) bond motifs is 4. The van der Waals surface area contributed by atoms with E-state index < -0.39 is 8.07 Å². The summed E-state index contributed by atoms with van der Waals surface area (Å²) in [5.74, 6) is 2.59. The second-order valence-electron chi connectivity index (χ2n) is 18.1. The third-order valence-corrected chi connectivity index (χ3v) is 18.6. The van der Waals surface area contributed by atoms with E-state index in [4.69, 9.17) is 6.35 Å². The molecule has 1 radical (unpaired) electrons. The number of allylic oxidation sites excluding steroid dienone is 2. The van der Waals surface area contributed by atoms with Crippen molar-refractivity contribution in [3.05, 3.63) is 78.3 Å². The van der Waals surface area contributed by atoms with Crippen LogP contribution in [-0.2, 0) is 30.3 Å². The molecule has 0 aliphatic heterocycles. The van der Waals surface area contributed by atoms with Crippen molar-refractivity contribution in [2.45, 2.75) is 139 Å². The summed E-state index contributed by atoms with van der Waals surface area (Å²) in [6.45, 7) is 29.2. The summed E-state index contributed by atoms with van der Waals surface area (Å²) in [5.41, 5.74) is 3.91. The Balaban J connectivity index is 0.000000464. The summed E-state index contributed by atoms with van der Waals surface area (Å²) in [6.07, 6.45) is 4.97. The van der Waals surface area contributed by atoms with Crippen LogP contribution in [0.25, 0.3) is 42.3 Å². The minimum atomic E-state index is -1.75. The van der Waals surface area contributed by atoms with Crippen molar-refractivity contribution in [1.82, 2.24) is 9.97 Å². The quantitative estimate of drug-likeness (QED) is 0.0491. The van der Waals surface area contributed by atoms with Gasteiger partial charge in [-0.1, -0.05) is 155 Å². The van der Waals surface area contributed by atoms with Gasteiger partial charge < -0.3 is 5.11 Å². The van der Waals surface area contributed by atoms with Gasteiger partial charge in [-0.15, -0.1) is 40.5 Å². The molecule has 0 aliphatic rings. The fourth-order valence-corrected chi connectivity index (χ4v) is 16.8. The minimum Gasteiger partial charge on any atom is -0.512 e. The maximum atomic E-state index is 11.7. The molecule has 0 saturated carbocycles. The molecule has 0 aliphatic carbocycles. The molecule has 7 heteroatoms. The molecule has 0 amide bonds. The Hall–Kier alpha value is -2.70. The molecule has 56 heavy (non-hydrogen) atoms. The molecule has 0 spiro atoms. The van der Waals surface area contributed by atoms with Crippen molar-refractivity contribution in [1.29, 1.82) is 0 Å². The van der Waals surface area contributed by atoms with E-state index in [0.29, 0.717) is 17.8 Å². The number of carbonyl (C=O) groups is 1. The Morgan fingerprint density at radius 2 is 1.41 bits per heavy atom. The zero-order valence-electron chi connectivity index (χ0n) is 37.5. The molecule has 0 atom stereocenters. The summed E-state index contributed by atoms with van der Waals surface area (Å²) in [7, 11) is -1.75. The molecule has 3 aromatic carbocycles. The van der Waals surface area contributed by atoms with E-state index in [1.165, 1.54) is 39.9 Å². The van der Waals surface area contributed by atoms with Crippen LogP contribution in [0.4, 0.5) is 0 Å². The van der Waals surface area contributed by atoms with Crippen molar-refractivity contribution in [3.8, 4) is 11.3 Å². The molecule has 0 unspecified atom stereocenters. The van der Waals surface area contributed by atoms with E-state index in [9.17, 15) is 9.90 Å². The van der Waals surface area contributed by atoms with Crippen molar-refractivity contribution in [2.24, 2.45) is 29.6 Å². The number of hydrogen-bond acceptors (Lipinski definition) is 5. The summed E-state index contributed by atoms with van der Waals surface area (Å²) in [5, 5.41) is 14.8. The van der Waals surface area contributed by atoms with Crippen molar-refractivity contribution in [2.75, 3.05) is 0 Å². The molecule has 0 bridgehead atoms. The summed E-state index contributed by atoms with van der Waals surface area (Å²) < 4.78 is 10.9. The normalized spacial score (nSPS) is 13.0. The number of carbonyl (C=O) groups excluding carboxylic acids is 1. The first-order valence-electron chi connectivity index (χ1n) is 21.5. The molecular formula is C49H69IrN2O2SSi-. The topological polar surface area (TPSA) is 63.1 Å². The van der Waals surface area contributed by atoms with Crippen molar-refractivity contribution >= 4 is 61.5 Å². The number of rotatable bonds is 15. The zero-order valence-corrected chi connectivity index (χ0v) is 40.7. The molecule has 307 valence electrons. The first kappa shape index (κ1) is 46.0. The average molecular weight is 971 g/mol. The van der Waals surface area contributed by atoms with Gasteiger partial charge in [0.25, 0.3) is 0 Å². The predicted octanol–water partition coefficient (Wildman–Crippen LogP) is 14.3. The summed E-state index contributed by atoms with van der Waals surface area (Å²) >= 11 is 1.79. The zero-order chi connectivity index (χ0) is 41.5. The van der Waals surface area contributed by atoms with Crippen LogP contribution in [0.2, 0.25) is 18.1 Å². The number of nitrogens with zero attached hydrogens (tertiary/aromatic N) is 2. The molecular weight excluding hydrogens is 901 g/mol. The van der Waals surface area contributed by atoms with Crippen LogP contribution >= 0.6 is 11.3 Å². The fraction of sp³-hybridized carbons (Fsp3) is 0.531. The van der Waals surface area contributed by atoms with Gasteiger partial charge in [-0.2, -0.15) is 0 Å². The first-order valence-corrected chi connectivity index (χ1v) is 24.4. The number of aliphatic hydroxyl groups is 1. The van der Waals surface area contributed by atoms with Crippen molar-refractivity contribution in [3.63, 3.8) is 0 Å². The Kier molecular flexibility index (Phi) is 17.1. The smallest absolute Gasteiger partial charge is 0.162 e. The average Bonchev–Trinajstić information content (AvgIpc) is 3.48. The minimum absolute atomic E-state index is 0. The molecule has 1 N–H and O–H groups in total. The van der Waals surface area contributed by atoms with Crippen LogP contribution < -0.4 is 5.19 Å². The third kappa shape index (κ3) is 11.5. The number of benzene rings is 3. The van der Waals surface area contributed by atoms with E-state index in [-0.39, 0.29) is 55.2 Å². The first-order chi connectivity index (χ1) is 26.4. The van der Waals surface area contributed by atoms with E-state index in [2.05, 4.69) is 122 Å². The summed E-state index contributed by atoms with van der Waals surface area (Å²) in [4.78, 5) is 21.1. The van der Waals surface area contributed by atoms with Gasteiger partial charge in [-0.05, 0) is 54.9 Å². The Morgan fingerprint density at radius 1 is 0.839 bits per heavy atom. The van der Waals surface area contributed by atoms with Gasteiger partial charge in [0.15, 0.2) is 5.78 Å². The van der Waals surface area contributed by atoms with Crippen LogP contribution in [0.15, 0.2) is 66.7 Å². The Morgan fingerprint density at radius 3 is 1.95 bits per heavy atom. The largest absolute Gasteiger partial charge is 0.512 e. The number of aliphatic hydroxyl groups excluding tert-OH is 1. The molecule has 5 aromatic rings. The van der Waals surface area contributed by atoms with Gasteiger partial charge in [0.2, 0.25) is 0 Å². The molecule has 5 rings (SSSR count). The molecule has 0 saturated heterocycles. The number of hydrogen-bond donors (Lipinski definition) is 1. The van der Waals surface area contributed by atoms with Gasteiger partial charge in [-0.3, -0.25) is 9.78 Å². The van der Waals surface area contributed by atoms with E-state index >= 15 is 0 Å². The van der Waals surface area contributed by atoms with Crippen LogP contribution in [-0.4, -0.2) is 28.9 Å². The predicted molar refractivity (Wildman–Crippen MR) is 244 cm³/mol. The number of ketones is 1. The fourth-order valence-electron chi connectivity index (χ4n) is 8.75. The van der Waals surface area contributed by atoms with E-state index in [0.717, 1.165) is 57.9 Å². The second-order valence-corrected chi connectivity index (χ2v) is 23.5. The molecule has 2 heterocycles. The van der Waals surface area contributed by atoms with Gasteiger partial charge in [0.05, 0.1) is 19.3 Å². The van der Waals surface area contributed by atoms with Crippen LogP contribution in [0, 0.1) is 35.7 Å². The van der Waals surface area contributed by atoms with Crippen molar-refractivity contribution < 1.29 is 31.4 Å². The monoisotopic (exact) mass is 971 g/mol. The maximum Gasteiger partial charge on any atom is 0.162 e. The van der Waals surface area contributed by atoms with E-state index in [1.54, 1.807) is 16.5 Å². The standard InChI is InChI=1S/C36H45N2SSi.C13H24O2.Ir/c1-23(2)19-40(20-24(3)4,21-25(5)6)28-14-15-30-32(18-28)39-35-33(37-22-38-34(30)35)27-16-26-12-10-11-13-29(26)31(17-27)36(7,8)9;1-5-10(6-2)12(14)9-13(15)11(7-3)8-4;/h10-15,17-18,22-25H,19-21H2,1-9H3;9-11,14H,5-8H2,1-4H3;/q-1;;/b;12-9-;/i22D;;. The Bertz CT molecular complexity index is 2100. The number of thiophene rings is 1. The van der Waals surface area contributed by atoms with Crippen LogP contribution in [0.5, 0.6) is 0 Å².